The molecule has 0 bridgehead atoms. The largest absolute Gasteiger partial charge is 0.341 e. The van der Waals surface area contributed by atoms with E-state index in [9.17, 15) is 0 Å². The summed E-state index contributed by atoms with van der Waals surface area (Å²) in [5.74, 6) is 2.50. The van der Waals surface area contributed by atoms with Crippen LogP contribution in [-0.4, -0.2) is 52.1 Å². The Kier molecular flexibility index (Phi) is 5.72. The summed E-state index contributed by atoms with van der Waals surface area (Å²) in [6, 6.07) is 0. The van der Waals surface area contributed by atoms with Gasteiger partial charge in [-0.15, -0.1) is 0 Å². The van der Waals surface area contributed by atoms with Gasteiger partial charge < -0.3 is 9.80 Å². The molecular weight excluding hydrogens is 294 g/mol. The molecular formula is C13H22ClN5S. The number of halogens is 1. The molecule has 0 spiro atoms. The molecule has 0 N–H and O–H groups in total. The van der Waals surface area contributed by atoms with Gasteiger partial charge in [0.1, 0.15) is 0 Å². The van der Waals surface area contributed by atoms with E-state index < -0.39 is 0 Å². The van der Waals surface area contributed by atoms with Crippen molar-refractivity contribution in [1.82, 2.24) is 15.0 Å². The number of hydrogen-bond acceptors (Lipinski definition) is 6. The van der Waals surface area contributed by atoms with Gasteiger partial charge in [-0.1, -0.05) is 6.92 Å². The molecule has 1 aromatic rings. The summed E-state index contributed by atoms with van der Waals surface area (Å²) in [5.41, 5.74) is 0. The molecule has 1 fully saturated rings. The fraction of sp³-hybridized carbons (Fsp3) is 0.769. The topological polar surface area (TPSA) is 45.2 Å². The van der Waals surface area contributed by atoms with Crippen LogP contribution in [0.1, 0.15) is 27.2 Å². The minimum atomic E-state index is 0.281. The molecule has 0 amide bonds. The van der Waals surface area contributed by atoms with Crippen molar-refractivity contribution in [3.63, 3.8) is 0 Å². The highest BCUT2D eigenvalue weighted by atomic mass is 35.5. The Hall–Kier alpha value is -0.750. The normalized spacial score (nSPS) is 19.2. The van der Waals surface area contributed by atoms with Crippen molar-refractivity contribution in [3.8, 4) is 0 Å². The van der Waals surface area contributed by atoms with Crippen LogP contribution in [0.3, 0.4) is 0 Å². The van der Waals surface area contributed by atoms with Gasteiger partial charge in [0, 0.05) is 37.2 Å². The second-order valence-corrected chi connectivity index (χ2v) is 6.47. The van der Waals surface area contributed by atoms with Crippen LogP contribution < -0.4 is 9.80 Å². The van der Waals surface area contributed by atoms with Crippen molar-refractivity contribution < 1.29 is 0 Å². The standard InChI is InChI=1S/C13H22ClN5S/c1-4-10-9-19(7-8-20-10)13-16-11(14)15-12(17-13)18(5-2)6-3/h10H,4-9H2,1-3H3. The van der Waals surface area contributed by atoms with Crippen LogP contribution in [0.5, 0.6) is 0 Å². The number of aromatic nitrogens is 3. The third-order valence-corrected chi connectivity index (χ3v) is 5.05. The fourth-order valence-corrected chi connectivity index (χ4v) is 3.60. The zero-order chi connectivity index (χ0) is 14.5. The lowest BCUT2D eigenvalue weighted by Gasteiger charge is -2.32. The van der Waals surface area contributed by atoms with E-state index in [-0.39, 0.29) is 5.28 Å². The average Bonchev–Trinajstić information content (AvgIpc) is 2.48. The zero-order valence-electron chi connectivity index (χ0n) is 12.3. The van der Waals surface area contributed by atoms with E-state index in [0.29, 0.717) is 17.1 Å². The molecule has 20 heavy (non-hydrogen) atoms. The Balaban J connectivity index is 2.22. The molecule has 1 aliphatic rings. The molecule has 1 aromatic heterocycles. The van der Waals surface area contributed by atoms with Gasteiger partial charge in [-0.2, -0.15) is 26.7 Å². The summed E-state index contributed by atoms with van der Waals surface area (Å²) in [4.78, 5) is 17.5. The Morgan fingerprint density at radius 1 is 1.25 bits per heavy atom. The summed E-state index contributed by atoms with van der Waals surface area (Å²) in [7, 11) is 0. The lowest BCUT2D eigenvalue weighted by molar-refractivity contribution is 0.702. The Morgan fingerprint density at radius 3 is 2.65 bits per heavy atom. The van der Waals surface area contributed by atoms with Gasteiger partial charge in [-0.05, 0) is 31.9 Å². The SMILES string of the molecule is CCC1CN(c2nc(Cl)nc(N(CC)CC)n2)CCS1. The molecule has 1 atom stereocenters. The minimum absolute atomic E-state index is 0.281. The first kappa shape index (κ1) is 15.6. The minimum Gasteiger partial charge on any atom is -0.341 e. The molecule has 2 heterocycles. The van der Waals surface area contributed by atoms with Crippen LogP contribution in [0.2, 0.25) is 5.28 Å². The second kappa shape index (κ2) is 7.31. The molecule has 0 radical (unpaired) electrons. The van der Waals surface area contributed by atoms with Crippen molar-refractivity contribution >= 4 is 35.3 Å². The van der Waals surface area contributed by atoms with Gasteiger partial charge >= 0.3 is 0 Å². The summed E-state index contributed by atoms with van der Waals surface area (Å²) >= 11 is 8.11. The first-order valence-electron chi connectivity index (χ1n) is 7.20. The second-order valence-electron chi connectivity index (χ2n) is 4.72. The lowest BCUT2D eigenvalue weighted by atomic mass is 10.3. The van der Waals surface area contributed by atoms with Crippen LogP contribution in [0, 0.1) is 0 Å². The van der Waals surface area contributed by atoms with Gasteiger partial charge in [0.05, 0.1) is 0 Å². The molecule has 112 valence electrons. The Labute approximate surface area is 130 Å². The molecule has 0 aliphatic carbocycles. The molecule has 5 nitrogen and oxygen atoms in total. The van der Waals surface area contributed by atoms with Crippen LogP contribution in [-0.2, 0) is 0 Å². The first-order valence-corrected chi connectivity index (χ1v) is 8.63. The Morgan fingerprint density at radius 2 is 2.00 bits per heavy atom. The zero-order valence-corrected chi connectivity index (χ0v) is 13.9. The molecule has 7 heteroatoms. The number of nitrogens with zero attached hydrogens (tertiary/aromatic N) is 5. The van der Waals surface area contributed by atoms with Gasteiger partial charge in [-0.3, -0.25) is 0 Å². The van der Waals surface area contributed by atoms with Crippen molar-refractivity contribution in [2.75, 3.05) is 41.7 Å². The van der Waals surface area contributed by atoms with Gasteiger partial charge in [0.25, 0.3) is 0 Å². The quantitative estimate of drug-likeness (QED) is 0.832. The number of rotatable bonds is 5. The number of anilines is 2. The van der Waals surface area contributed by atoms with Crippen LogP contribution in [0.15, 0.2) is 0 Å². The van der Waals surface area contributed by atoms with Gasteiger partial charge in [-0.25, -0.2) is 0 Å². The lowest BCUT2D eigenvalue weighted by Crippen LogP contribution is -2.39. The summed E-state index contributed by atoms with van der Waals surface area (Å²) in [5, 5.41) is 0.930. The van der Waals surface area contributed by atoms with E-state index in [2.05, 4.69) is 45.5 Å². The molecule has 0 saturated carbocycles. The molecule has 0 aromatic carbocycles. The highest BCUT2D eigenvalue weighted by Crippen LogP contribution is 2.25. The predicted octanol–water partition coefficient (Wildman–Crippen LogP) is 2.70. The van der Waals surface area contributed by atoms with E-state index in [1.165, 1.54) is 6.42 Å². The highest BCUT2D eigenvalue weighted by molar-refractivity contribution is 8.00. The van der Waals surface area contributed by atoms with Crippen LogP contribution in [0.4, 0.5) is 11.9 Å². The first-order chi connectivity index (χ1) is 9.67. The summed E-state index contributed by atoms with van der Waals surface area (Å²) < 4.78 is 0. The van der Waals surface area contributed by atoms with Crippen molar-refractivity contribution in [2.24, 2.45) is 0 Å². The fourth-order valence-electron chi connectivity index (χ4n) is 2.27. The van der Waals surface area contributed by atoms with Crippen molar-refractivity contribution in [3.05, 3.63) is 5.28 Å². The van der Waals surface area contributed by atoms with Gasteiger partial charge in [0.2, 0.25) is 17.2 Å². The van der Waals surface area contributed by atoms with Crippen molar-refractivity contribution in [2.45, 2.75) is 32.4 Å². The molecule has 1 unspecified atom stereocenters. The molecule has 2 rings (SSSR count). The third-order valence-electron chi connectivity index (χ3n) is 3.51. The van der Waals surface area contributed by atoms with E-state index in [1.807, 2.05) is 11.8 Å². The number of thioether (sulfide) groups is 1. The average molecular weight is 316 g/mol. The Bertz CT molecular complexity index is 441. The third kappa shape index (κ3) is 3.67. The summed E-state index contributed by atoms with van der Waals surface area (Å²) in [6.07, 6.45) is 1.17. The molecule has 1 aliphatic heterocycles. The van der Waals surface area contributed by atoms with Crippen molar-refractivity contribution in [1.29, 1.82) is 0 Å². The van der Waals surface area contributed by atoms with Gasteiger partial charge in [0.15, 0.2) is 0 Å². The number of hydrogen-bond donors (Lipinski definition) is 0. The van der Waals surface area contributed by atoms with Crippen LogP contribution in [0.25, 0.3) is 0 Å². The van der Waals surface area contributed by atoms with Crippen LogP contribution >= 0.6 is 23.4 Å². The van der Waals surface area contributed by atoms with E-state index in [0.717, 1.165) is 31.9 Å². The summed E-state index contributed by atoms with van der Waals surface area (Å²) in [6.45, 7) is 10.1. The monoisotopic (exact) mass is 315 g/mol. The molecule has 1 saturated heterocycles. The predicted molar refractivity (Wildman–Crippen MR) is 87.1 cm³/mol. The van der Waals surface area contributed by atoms with E-state index in [4.69, 9.17) is 11.6 Å². The maximum atomic E-state index is 6.08. The smallest absolute Gasteiger partial charge is 0.231 e. The maximum Gasteiger partial charge on any atom is 0.231 e. The highest BCUT2D eigenvalue weighted by Gasteiger charge is 2.22. The van der Waals surface area contributed by atoms with E-state index in [1.54, 1.807) is 0 Å². The van der Waals surface area contributed by atoms with E-state index >= 15 is 0 Å². The maximum absolute atomic E-state index is 6.08.